The second kappa shape index (κ2) is 7.17. The van der Waals surface area contributed by atoms with Crippen molar-refractivity contribution in [2.24, 2.45) is 0 Å². The first-order valence-corrected chi connectivity index (χ1v) is 7.09. The van der Waals surface area contributed by atoms with Crippen molar-refractivity contribution < 1.29 is 14.3 Å². The van der Waals surface area contributed by atoms with Gasteiger partial charge in [0, 0.05) is 0 Å². The lowest BCUT2D eigenvalue weighted by Crippen LogP contribution is -2.06. The lowest BCUT2D eigenvalue weighted by Gasteiger charge is -2.10. The molecule has 104 valence electrons. The van der Waals surface area contributed by atoms with E-state index in [-0.39, 0.29) is 0 Å². The van der Waals surface area contributed by atoms with E-state index in [4.69, 9.17) is 4.74 Å². The van der Waals surface area contributed by atoms with Gasteiger partial charge in [0.25, 0.3) is 0 Å². The predicted octanol–water partition coefficient (Wildman–Crippen LogP) is 4.06. The van der Waals surface area contributed by atoms with E-state index in [0.717, 1.165) is 18.8 Å². The summed E-state index contributed by atoms with van der Waals surface area (Å²) in [6.07, 6.45) is 6.59. The molecule has 1 fully saturated rings. The van der Waals surface area contributed by atoms with Crippen molar-refractivity contribution in [3.8, 4) is 0 Å². The summed E-state index contributed by atoms with van der Waals surface area (Å²) in [6.45, 7) is 0.414. The maximum Gasteiger partial charge on any atom is 0.507 e. The minimum absolute atomic E-state index is 0.414. The Morgan fingerprint density at radius 3 is 2.53 bits per heavy atom. The molecule has 0 aromatic heterocycles. The van der Waals surface area contributed by atoms with Gasteiger partial charge in [-0.1, -0.05) is 37.1 Å². The largest absolute Gasteiger partial charge is 0.507 e. The number of rotatable bonds is 5. The first-order valence-electron chi connectivity index (χ1n) is 7.09. The van der Waals surface area contributed by atoms with Gasteiger partial charge in [-0.05, 0) is 42.7 Å². The summed E-state index contributed by atoms with van der Waals surface area (Å²) in [5.41, 5.74) is 2.78. The molecule has 3 heteroatoms. The van der Waals surface area contributed by atoms with Crippen molar-refractivity contribution in [2.75, 3.05) is 13.7 Å². The molecule has 2 rings (SSSR count). The van der Waals surface area contributed by atoms with E-state index >= 15 is 0 Å². The molecule has 0 heterocycles. The number of methoxy groups -OCH3 is 1. The SMILES string of the molecule is COC(=O)OCCCc1ccc(C2CCCC2)cc1. The van der Waals surface area contributed by atoms with Crippen molar-refractivity contribution >= 4 is 6.16 Å². The summed E-state index contributed by atoms with van der Waals surface area (Å²) in [4.78, 5) is 10.8. The summed E-state index contributed by atoms with van der Waals surface area (Å²) in [5.74, 6) is 0.775. The van der Waals surface area contributed by atoms with Crippen LogP contribution in [0.15, 0.2) is 24.3 Å². The highest BCUT2D eigenvalue weighted by Gasteiger charge is 2.16. The molecule has 0 amide bonds. The van der Waals surface area contributed by atoms with E-state index < -0.39 is 6.16 Å². The van der Waals surface area contributed by atoms with Crippen molar-refractivity contribution in [3.05, 3.63) is 35.4 Å². The van der Waals surface area contributed by atoms with Gasteiger partial charge in [-0.15, -0.1) is 0 Å². The molecule has 0 aliphatic heterocycles. The molecule has 1 aromatic carbocycles. The van der Waals surface area contributed by atoms with Crippen LogP contribution in [0.5, 0.6) is 0 Å². The van der Waals surface area contributed by atoms with Crippen LogP contribution in [0.4, 0.5) is 4.79 Å². The Bertz CT molecular complexity index is 391. The maximum absolute atomic E-state index is 10.8. The number of ether oxygens (including phenoxy) is 2. The van der Waals surface area contributed by atoms with Gasteiger partial charge in [0.05, 0.1) is 13.7 Å². The van der Waals surface area contributed by atoms with Crippen LogP contribution in [0.25, 0.3) is 0 Å². The van der Waals surface area contributed by atoms with Crippen LogP contribution in [0.3, 0.4) is 0 Å². The van der Waals surface area contributed by atoms with Crippen LogP contribution in [-0.2, 0) is 15.9 Å². The molecule has 1 saturated carbocycles. The summed E-state index contributed by atoms with van der Waals surface area (Å²) < 4.78 is 9.27. The quantitative estimate of drug-likeness (QED) is 0.593. The fourth-order valence-corrected chi connectivity index (χ4v) is 2.71. The zero-order chi connectivity index (χ0) is 13.5. The van der Waals surface area contributed by atoms with E-state index in [1.807, 2.05) is 0 Å². The molecule has 0 saturated heterocycles. The number of hydrogen-bond donors (Lipinski definition) is 0. The molecular weight excluding hydrogens is 240 g/mol. The Hall–Kier alpha value is -1.51. The molecule has 0 unspecified atom stereocenters. The molecule has 1 aliphatic rings. The Morgan fingerprint density at radius 1 is 1.21 bits per heavy atom. The van der Waals surface area contributed by atoms with Gasteiger partial charge >= 0.3 is 6.16 Å². The highest BCUT2D eigenvalue weighted by Crippen LogP contribution is 2.33. The van der Waals surface area contributed by atoms with Crippen LogP contribution >= 0.6 is 0 Å². The van der Waals surface area contributed by atoms with Crippen molar-refractivity contribution in [2.45, 2.75) is 44.4 Å². The average molecular weight is 262 g/mol. The minimum atomic E-state index is -0.600. The van der Waals surface area contributed by atoms with E-state index in [1.165, 1.54) is 43.9 Å². The average Bonchev–Trinajstić information content (AvgIpc) is 2.98. The second-order valence-corrected chi connectivity index (χ2v) is 5.13. The maximum atomic E-state index is 10.8. The van der Waals surface area contributed by atoms with Crippen LogP contribution in [0, 0.1) is 0 Å². The van der Waals surface area contributed by atoms with Gasteiger partial charge < -0.3 is 9.47 Å². The first-order chi connectivity index (χ1) is 9.29. The Morgan fingerprint density at radius 2 is 1.89 bits per heavy atom. The van der Waals surface area contributed by atoms with Crippen molar-refractivity contribution in [1.29, 1.82) is 0 Å². The molecule has 0 atom stereocenters. The van der Waals surface area contributed by atoms with E-state index in [0.29, 0.717) is 6.61 Å². The van der Waals surface area contributed by atoms with Crippen molar-refractivity contribution in [3.63, 3.8) is 0 Å². The monoisotopic (exact) mass is 262 g/mol. The Labute approximate surface area is 114 Å². The standard InChI is InChI=1S/C16H22O3/c1-18-16(17)19-12-4-5-13-8-10-15(11-9-13)14-6-2-3-7-14/h8-11,14H,2-7,12H2,1H3. The lowest BCUT2D eigenvalue weighted by atomic mass is 9.96. The number of aryl methyl sites for hydroxylation is 1. The third-order valence-corrected chi connectivity index (χ3v) is 3.80. The number of hydrogen-bond acceptors (Lipinski definition) is 3. The van der Waals surface area contributed by atoms with E-state index in [1.54, 1.807) is 0 Å². The van der Waals surface area contributed by atoms with Crippen LogP contribution in [0.2, 0.25) is 0 Å². The fraction of sp³-hybridized carbons (Fsp3) is 0.562. The highest BCUT2D eigenvalue weighted by atomic mass is 16.7. The van der Waals surface area contributed by atoms with E-state index in [9.17, 15) is 4.79 Å². The zero-order valence-electron chi connectivity index (χ0n) is 11.6. The second-order valence-electron chi connectivity index (χ2n) is 5.13. The predicted molar refractivity (Wildman–Crippen MR) is 74.3 cm³/mol. The molecule has 3 nitrogen and oxygen atoms in total. The highest BCUT2D eigenvalue weighted by molar-refractivity contribution is 5.59. The summed E-state index contributed by atoms with van der Waals surface area (Å²) in [7, 11) is 1.32. The zero-order valence-corrected chi connectivity index (χ0v) is 11.6. The summed E-state index contributed by atoms with van der Waals surface area (Å²) >= 11 is 0. The smallest absolute Gasteiger partial charge is 0.438 e. The van der Waals surface area contributed by atoms with Gasteiger partial charge in [0.2, 0.25) is 0 Å². The molecule has 0 N–H and O–H groups in total. The van der Waals surface area contributed by atoms with Crippen LogP contribution in [-0.4, -0.2) is 19.9 Å². The topological polar surface area (TPSA) is 35.5 Å². The molecule has 1 aromatic rings. The van der Waals surface area contributed by atoms with Crippen LogP contribution in [0.1, 0.15) is 49.1 Å². The Kier molecular flexibility index (Phi) is 5.25. The van der Waals surface area contributed by atoms with E-state index in [2.05, 4.69) is 29.0 Å². The third kappa shape index (κ3) is 4.27. The summed E-state index contributed by atoms with van der Waals surface area (Å²) in [6, 6.07) is 8.91. The third-order valence-electron chi connectivity index (χ3n) is 3.80. The van der Waals surface area contributed by atoms with Crippen LogP contribution < -0.4 is 0 Å². The molecule has 0 bridgehead atoms. The first kappa shape index (κ1) is 13.9. The Balaban J connectivity index is 1.74. The number of carbonyl (C=O) groups is 1. The van der Waals surface area contributed by atoms with Gasteiger partial charge in [0.15, 0.2) is 0 Å². The van der Waals surface area contributed by atoms with Gasteiger partial charge in [-0.2, -0.15) is 0 Å². The number of carbonyl (C=O) groups excluding carboxylic acids is 1. The molecule has 1 aliphatic carbocycles. The van der Waals surface area contributed by atoms with Gasteiger partial charge in [-0.25, -0.2) is 4.79 Å². The molecule has 0 spiro atoms. The fourth-order valence-electron chi connectivity index (χ4n) is 2.71. The lowest BCUT2D eigenvalue weighted by molar-refractivity contribution is 0.0719. The normalized spacial score (nSPS) is 15.4. The van der Waals surface area contributed by atoms with Gasteiger partial charge in [0.1, 0.15) is 0 Å². The molecular formula is C16H22O3. The van der Waals surface area contributed by atoms with Crippen molar-refractivity contribution in [1.82, 2.24) is 0 Å². The minimum Gasteiger partial charge on any atom is -0.438 e. The molecule has 19 heavy (non-hydrogen) atoms. The van der Waals surface area contributed by atoms with Gasteiger partial charge in [-0.3, -0.25) is 0 Å². The number of benzene rings is 1. The molecule has 0 radical (unpaired) electrons. The summed E-state index contributed by atoms with van der Waals surface area (Å²) in [5, 5.41) is 0.